The molecule has 2 aromatic rings. The van der Waals surface area contributed by atoms with Crippen molar-refractivity contribution in [2.45, 2.75) is 32.2 Å². The van der Waals surface area contributed by atoms with Gasteiger partial charge in [-0.3, -0.25) is 14.9 Å². The summed E-state index contributed by atoms with van der Waals surface area (Å²) in [5.41, 5.74) is 0.316. The lowest BCUT2D eigenvalue weighted by atomic mass is 10.0. The summed E-state index contributed by atoms with van der Waals surface area (Å²) in [7, 11) is 0. The van der Waals surface area contributed by atoms with Crippen molar-refractivity contribution < 1.29 is 18.5 Å². The maximum Gasteiger partial charge on any atom is 0.282 e. The molecular formula is C20H21F2N3O3. The van der Waals surface area contributed by atoms with Gasteiger partial charge in [0.25, 0.3) is 11.6 Å². The van der Waals surface area contributed by atoms with Gasteiger partial charge in [-0.25, -0.2) is 8.78 Å². The number of carbonyl (C=O) groups is 1. The van der Waals surface area contributed by atoms with Crippen LogP contribution in [-0.4, -0.2) is 28.8 Å². The summed E-state index contributed by atoms with van der Waals surface area (Å²) < 4.78 is 27.7. The van der Waals surface area contributed by atoms with Gasteiger partial charge in [-0.05, 0) is 49.6 Å². The highest BCUT2D eigenvalue weighted by Crippen LogP contribution is 2.30. The van der Waals surface area contributed by atoms with E-state index in [1.807, 2.05) is 6.92 Å². The van der Waals surface area contributed by atoms with Crippen molar-refractivity contribution >= 4 is 17.3 Å². The first-order valence-corrected chi connectivity index (χ1v) is 9.20. The van der Waals surface area contributed by atoms with Gasteiger partial charge in [-0.1, -0.05) is 6.92 Å². The van der Waals surface area contributed by atoms with E-state index in [9.17, 15) is 23.7 Å². The van der Waals surface area contributed by atoms with E-state index < -0.39 is 28.5 Å². The molecule has 1 aliphatic heterocycles. The number of hydrogen-bond donors (Lipinski definition) is 1. The maximum atomic E-state index is 14.1. The third-order valence-electron chi connectivity index (χ3n) is 4.90. The zero-order valence-electron chi connectivity index (χ0n) is 15.5. The number of hydrogen-bond acceptors (Lipinski definition) is 4. The lowest BCUT2D eigenvalue weighted by Crippen LogP contribution is -2.28. The molecule has 1 atom stereocenters. The number of nitro benzene ring substituents is 1. The molecular weight excluding hydrogens is 368 g/mol. The summed E-state index contributed by atoms with van der Waals surface area (Å²) in [6, 6.07) is 6.83. The number of anilines is 1. The SMILES string of the molecule is CCC(Nc1ccc([N+](=O)[O-])c(C(=O)N2CCCC2)c1)c1cc(F)ccc1F. The molecule has 1 N–H and O–H groups in total. The van der Waals surface area contributed by atoms with Crippen LogP contribution in [0, 0.1) is 21.7 Å². The minimum atomic E-state index is -0.587. The minimum Gasteiger partial charge on any atom is -0.378 e. The fraction of sp³-hybridized carbons (Fsp3) is 0.350. The second kappa shape index (κ2) is 8.33. The molecule has 1 aliphatic rings. The summed E-state index contributed by atoms with van der Waals surface area (Å²) in [5.74, 6) is -1.49. The second-order valence-corrected chi connectivity index (χ2v) is 6.76. The zero-order chi connectivity index (χ0) is 20.3. The van der Waals surface area contributed by atoms with E-state index in [0.29, 0.717) is 25.2 Å². The van der Waals surface area contributed by atoms with E-state index >= 15 is 0 Å². The topological polar surface area (TPSA) is 75.5 Å². The number of nitro groups is 1. The number of likely N-dealkylation sites (tertiary alicyclic amines) is 1. The molecule has 6 nitrogen and oxygen atoms in total. The van der Waals surface area contributed by atoms with Crippen LogP contribution in [0.3, 0.4) is 0 Å². The first kappa shape index (κ1) is 19.7. The summed E-state index contributed by atoms with van der Waals surface area (Å²) >= 11 is 0. The van der Waals surface area contributed by atoms with Gasteiger partial charge in [0.05, 0.1) is 11.0 Å². The molecule has 1 fully saturated rings. The van der Waals surface area contributed by atoms with Crippen molar-refractivity contribution in [1.82, 2.24) is 4.90 Å². The van der Waals surface area contributed by atoms with Crippen LogP contribution in [0.4, 0.5) is 20.2 Å². The average molecular weight is 389 g/mol. The smallest absolute Gasteiger partial charge is 0.282 e. The molecule has 1 saturated heterocycles. The number of benzene rings is 2. The van der Waals surface area contributed by atoms with Crippen molar-refractivity contribution in [2.24, 2.45) is 0 Å². The number of nitrogens with zero attached hydrogens (tertiary/aromatic N) is 2. The fourth-order valence-corrected chi connectivity index (χ4v) is 3.43. The van der Waals surface area contributed by atoms with Gasteiger partial charge in [-0.2, -0.15) is 0 Å². The van der Waals surface area contributed by atoms with Gasteiger partial charge in [0.2, 0.25) is 0 Å². The predicted octanol–water partition coefficient (Wildman–Crippen LogP) is 4.67. The standard InChI is InChI=1S/C20H21F2N3O3/c1-2-18(15-11-13(21)5-7-17(15)22)23-14-6-8-19(25(27)28)16(12-14)20(26)24-9-3-4-10-24/h5-8,11-12,18,23H,2-4,9-10H2,1H3. The third kappa shape index (κ3) is 4.11. The Morgan fingerprint density at radius 3 is 2.57 bits per heavy atom. The van der Waals surface area contributed by atoms with Crippen LogP contribution in [0.25, 0.3) is 0 Å². The summed E-state index contributed by atoms with van der Waals surface area (Å²) in [5, 5.41) is 14.4. The van der Waals surface area contributed by atoms with E-state index in [1.54, 1.807) is 4.90 Å². The van der Waals surface area contributed by atoms with Crippen LogP contribution in [-0.2, 0) is 0 Å². The lowest BCUT2D eigenvalue weighted by molar-refractivity contribution is -0.385. The second-order valence-electron chi connectivity index (χ2n) is 6.76. The molecule has 1 heterocycles. The number of amides is 1. The zero-order valence-corrected chi connectivity index (χ0v) is 15.5. The Morgan fingerprint density at radius 2 is 1.93 bits per heavy atom. The van der Waals surface area contributed by atoms with Crippen molar-refractivity contribution in [2.75, 3.05) is 18.4 Å². The maximum absolute atomic E-state index is 14.1. The molecule has 0 aromatic heterocycles. The molecule has 1 amide bonds. The summed E-state index contributed by atoms with van der Waals surface area (Å²) in [4.78, 5) is 25.1. The van der Waals surface area contributed by atoms with Crippen LogP contribution >= 0.6 is 0 Å². The number of carbonyl (C=O) groups excluding carboxylic acids is 1. The van der Waals surface area contributed by atoms with Gasteiger partial charge in [0.15, 0.2) is 0 Å². The van der Waals surface area contributed by atoms with Crippen LogP contribution in [0.2, 0.25) is 0 Å². The summed E-state index contributed by atoms with van der Waals surface area (Å²) in [6.07, 6.45) is 2.19. The first-order chi connectivity index (χ1) is 13.4. The van der Waals surface area contributed by atoms with Gasteiger partial charge in [0.1, 0.15) is 17.2 Å². The molecule has 0 spiro atoms. The van der Waals surface area contributed by atoms with E-state index in [-0.39, 0.29) is 16.8 Å². The Morgan fingerprint density at radius 1 is 1.21 bits per heavy atom. The van der Waals surface area contributed by atoms with Crippen LogP contribution in [0.15, 0.2) is 36.4 Å². The highest BCUT2D eigenvalue weighted by molar-refractivity contribution is 5.99. The van der Waals surface area contributed by atoms with Crippen LogP contribution in [0.1, 0.15) is 48.1 Å². The Balaban J connectivity index is 1.93. The van der Waals surface area contributed by atoms with Crippen molar-refractivity contribution in [3.8, 4) is 0 Å². The van der Waals surface area contributed by atoms with Crippen LogP contribution < -0.4 is 5.32 Å². The molecule has 2 aromatic carbocycles. The molecule has 0 bridgehead atoms. The largest absolute Gasteiger partial charge is 0.378 e. The Hall–Kier alpha value is -3.03. The van der Waals surface area contributed by atoms with Crippen molar-refractivity contribution in [1.29, 1.82) is 0 Å². The normalized spacial score (nSPS) is 14.8. The predicted molar refractivity (Wildman–Crippen MR) is 101 cm³/mol. The van der Waals surface area contributed by atoms with E-state index in [2.05, 4.69) is 5.32 Å². The fourth-order valence-electron chi connectivity index (χ4n) is 3.43. The lowest BCUT2D eigenvalue weighted by Gasteiger charge is -2.21. The van der Waals surface area contributed by atoms with Gasteiger partial charge in [0, 0.05) is 30.4 Å². The monoisotopic (exact) mass is 389 g/mol. The van der Waals surface area contributed by atoms with E-state index in [1.165, 1.54) is 18.2 Å². The third-order valence-corrected chi connectivity index (χ3v) is 4.90. The molecule has 3 rings (SSSR count). The quantitative estimate of drug-likeness (QED) is 0.575. The Bertz CT molecular complexity index is 898. The number of rotatable bonds is 6. The Kier molecular flexibility index (Phi) is 5.87. The number of halogens is 2. The van der Waals surface area contributed by atoms with Crippen LogP contribution in [0.5, 0.6) is 0 Å². The van der Waals surface area contributed by atoms with E-state index in [0.717, 1.165) is 31.0 Å². The minimum absolute atomic E-state index is 0.00790. The van der Waals surface area contributed by atoms with Gasteiger partial charge in [-0.15, -0.1) is 0 Å². The van der Waals surface area contributed by atoms with E-state index in [4.69, 9.17) is 0 Å². The molecule has 0 radical (unpaired) electrons. The molecule has 0 saturated carbocycles. The van der Waals surface area contributed by atoms with Crippen molar-refractivity contribution in [3.63, 3.8) is 0 Å². The summed E-state index contributed by atoms with van der Waals surface area (Å²) in [6.45, 7) is 2.95. The highest BCUT2D eigenvalue weighted by atomic mass is 19.1. The van der Waals surface area contributed by atoms with Crippen molar-refractivity contribution in [3.05, 3.63) is 69.3 Å². The van der Waals surface area contributed by atoms with Gasteiger partial charge >= 0.3 is 0 Å². The molecule has 8 heteroatoms. The average Bonchev–Trinajstić information content (AvgIpc) is 3.22. The molecule has 1 unspecified atom stereocenters. The molecule has 148 valence electrons. The van der Waals surface area contributed by atoms with Gasteiger partial charge < -0.3 is 10.2 Å². The highest BCUT2D eigenvalue weighted by Gasteiger charge is 2.27. The molecule has 0 aliphatic carbocycles. The first-order valence-electron chi connectivity index (χ1n) is 9.20. The number of nitrogens with one attached hydrogen (secondary N) is 1. The molecule has 28 heavy (non-hydrogen) atoms. The Labute approximate surface area is 161 Å².